The van der Waals surface area contributed by atoms with Crippen LogP contribution in [0.3, 0.4) is 0 Å². The molecule has 0 radical (unpaired) electrons. The summed E-state index contributed by atoms with van der Waals surface area (Å²) in [6, 6.07) is 9.74. The summed E-state index contributed by atoms with van der Waals surface area (Å²) in [5.74, 6) is 5.80. The van der Waals surface area contributed by atoms with Crippen LogP contribution in [0, 0.1) is 11.8 Å². The van der Waals surface area contributed by atoms with Crippen LogP contribution in [-0.4, -0.2) is 26.3 Å². The van der Waals surface area contributed by atoms with Crippen molar-refractivity contribution in [2.24, 2.45) is 0 Å². The fourth-order valence-electron chi connectivity index (χ4n) is 1.55. The summed E-state index contributed by atoms with van der Waals surface area (Å²) in [7, 11) is -3.38. The number of fused-ring (bicyclic) bond motifs is 1. The number of nitrogens with zero attached hydrogens (tertiary/aromatic N) is 1. The summed E-state index contributed by atoms with van der Waals surface area (Å²) in [4.78, 5) is 4.29. The third-order valence-corrected chi connectivity index (χ3v) is 2.94. The second-order valence-corrected chi connectivity index (χ2v) is 5.64. The third-order valence-electron chi connectivity index (χ3n) is 2.35. The Hall–Kier alpha value is -1.90. The number of hydrogen-bond acceptors (Lipinski definition) is 4. The lowest BCUT2D eigenvalue weighted by atomic mass is 10.1. The highest BCUT2D eigenvalue weighted by Crippen LogP contribution is 2.11. The van der Waals surface area contributed by atoms with Crippen LogP contribution in [-0.2, 0) is 14.3 Å². The first-order chi connectivity index (χ1) is 9.04. The lowest BCUT2D eigenvalue weighted by molar-refractivity contribution is 0.330. The van der Waals surface area contributed by atoms with Gasteiger partial charge in [0.25, 0.3) is 10.1 Å². The van der Waals surface area contributed by atoms with E-state index in [1.54, 1.807) is 6.20 Å². The molecule has 0 saturated heterocycles. The van der Waals surface area contributed by atoms with Gasteiger partial charge in [0.05, 0.1) is 18.4 Å². The molecule has 0 amide bonds. The van der Waals surface area contributed by atoms with Gasteiger partial charge < -0.3 is 0 Å². The zero-order chi connectivity index (χ0) is 13.7. The Bertz CT molecular complexity index is 742. The number of benzene rings is 1. The van der Waals surface area contributed by atoms with Crippen LogP contribution in [0.1, 0.15) is 12.0 Å². The number of aromatic nitrogens is 1. The van der Waals surface area contributed by atoms with Crippen molar-refractivity contribution in [3.63, 3.8) is 0 Å². The molecule has 1 aromatic carbocycles. The SMILES string of the molecule is CS(=O)(=O)OCCC#Cc1cnc2ccccc2c1. The Kier molecular flexibility index (Phi) is 4.15. The van der Waals surface area contributed by atoms with Crippen molar-refractivity contribution in [1.82, 2.24) is 4.98 Å². The number of rotatable bonds is 3. The van der Waals surface area contributed by atoms with Crippen molar-refractivity contribution < 1.29 is 12.6 Å². The molecule has 2 rings (SSSR count). The van der Waals surface area contributed by atoms with Gasteiger partial charge in [0.2, 0.25) is 0 Å². The molecule has 2 aromatic rings. The molecule has 0 bridgehead atoms. The summed E-state index contributed by atoms with van der Waals surface area (Å²) < 4.78 is 26.1. The zero-order valence-corrected chi connectivity index (χ0v) is 11.3. The maximum atomic E-state index is 10.7. The topological polar surface area (TPSA) is 56.3 Å². The van der Waals surface area contributed by atoms with E-state index in [0.29, 0.717) is 6.42 Å². The average molecular weight is 275 g/mol. The molecule has 0 N–H and O–H groups in total. The molecule has 0 atom stereocenters. The summed E-state index contributed by atoms with van der Waals surface area (Å²) in [6.45, 7) is 0.0762. The van der Waals surface area contributed by atoms with Gasteiger partial charge in [0.15, 0.2) is 0 Å². The molecule has 19 heavy (non-hydrogen) atoms. The fourth-order valence-corrected chi connectivity index (χ4v) is 1.93. The lowest BCUT2D eigenvalue weighted by Crippen LogP contribution is -2.03. The highest BCUT2D eigenvalue weighted by Gasteiger charge is 1.98. The zero-order valence-electron chi connectivity index (χ0n) is 10.5. The number of para-hydroxylation sites is 1. The molecular formula is C14H13NO3S. The average Bonchev–Trinajstić information content (AvgIpc) is 2.37. The van der Waals surface area contributed by atoms with Crippen molar-refractivity contribution >= 4 is 21.0 Å². The van der Waals surface area contributed by atoms with Crippen LogP contribution in [0.25, 0.3) is 10.9 Å². The molecule has 1 heterocycles. The van der Waals surface area contributed by atoms with E-state index < -0.39 is 10.1 Å². The number of pyridine rings is 1. The quantitative estimate of drug-likeness (QED) is 0.488. The minimum atomic E-state index is -3.38. The molecule has 0 aliphatic carbocycles. The molecule has 0 saturated carbocycles. The van der Waals surface area contributed by atoms with E-state index in [0.717, 1.165) is 22.7 Å². The molecule has 0 aliphatic rings. The fraction of sp³-hybridized carbons (Fsp3) is 0.214. The van der Waals surface area contributed by atoms with Crippen LogP contribution >= 0.6 is 0 Å². The Morgan fingerprint density at radius 1 is 1.32 bits per heavy atom. The van der Waals surface area contributed by atoms with Gasteiger partial charge in [0, 0.05) is 23.6 Å². The largest absolute Gasteiger partial charge is 0.269 e. The van der Waals surface area contributed by atoms with Gasteiger partial charge >= 0.3 is 0 Å². The summed E-state index contributed by atoms with van der Waals surface area (Å²) in [5.41, 5.74) is 1.73. The van der Waals surface area contributed by atoms with Gasteiger partial charge in [-0.25, -0.2) is 0 Å². The molecule has 0 aliphatic heterocycles. The Morgan fingerprint density at radius 2 is 2.11 bits per heavy atom. The molecule has 0 unspecified atom stereocenters. The van der Waals surface area contributed by atoms with Crippen molar-refractivity contribution in [1.29, 1.82) is 0 Å². The second kappa shape index (κ2) is 5.83. The van der Waals surface area contributed by atoms with E-state index in [1.807, 2.05) is 30.3 Å². The van der Waals surface area contributed by atoms with Crippen molar-refractivity contribution in [2.45, 2.75) is 6.42 Å². The van der Waals surface area contributed by atoms with Crippen molar-refractivity contribution in [2.75, 3.05) is 12.9 Å². The van der Waals surface area contributed by atoms with E-state index in [4.69, 9.17) is 0 Å². The Labute approximate surface area is 112 Å². The van der Waals surface area contributed by atoms with Crippen LogP contribution in [0.15, 0.2) is 36.5 Å². The van der Waals surface area contributed by atoms with Crippen LogP contribution in [0.5, 0.6) is 0 Å². The highest BCUT2D eigenvalue weighted by atomic mass is 32.2. The van der Waals surface area contributed by atoms with Crippen LogP contribution in [0.2, 0.25) is 0 Å². The molecular weight excluding hydrogens is 262 g/mol. The first kappa shape index (κ1) is 13.5. The first-order valence-corrected chi connectivity index (χ1v) is 7.54. The monoisotopic (exact) mass is 275 g/mol. The minimum Gasteiger partial charge on any atom is -0.269 e. The standard InChI is InChI=1S/C14H13NO3S/c1-19(16,17)18-9-5-4-6-12-10-13-7-2-3-8-14(13)15-11-12/h2-3,7-8,10-11H,5,9H2,1H3. The minimum absolute atomic E-state index is 0.0762. The Balaban J connectivity index is 2.02. The van der Waals surface area contributed by atoms with E-state index in [2.05, 4.69) is 21.0 Å². The highest BCUT2D eigenvalue weighted by molar-refractivity contribution is 7.85. The smallest absolute Gasteiger partial charge is 0.264 e. The molecule has 4 nitrogen and oxygen atoms in total. The number of hydrogen-bond donors (Lipinski definition) is 0. The molecule has 98 valence electrons. The van der Waals surface area contributed by atoms with Gasteiger partial charge in [-0.2, -0.15) is 8.42 Å². The van der Waals surface area contributed by atoms with Gasteiger partial charge in [0.1, 0.15) is 0 Å². The van der Waals surface area contributed by atoms with E-state index in [9.17, 15) is 8.42 Å². The second-order valence-electron chi connectivity index (χ2n) is 3.99. The van der Waals surface area contributed by atoms with E-state index in [-0.39, 0.29) is 6.61 Å². The third kappa shape index (κ3) is 4.36. The Morgan fingerprint density at radius 3 is 2.89 bits per heavy atom. The predicted molar refractivity (Wildman–Crippen MR) is 74.0 cm³/mol. The molecule has 0 fully saturated rings. The lowest BCUT2D eigenvalue weighted by Gasteiger charge is -1.97. The first-order valence-electron chi connectivity index (χ1n) is 5.73. The normalized spacial score (nSPS) is 11.0. The van der Waals surface area contributed by atoms with E-state index in [1.165, 1.54) is 0 Å². The van der Waals surface area contributed by atoms with Crippen LogP contribution < -0.4 is 0 Å². The maximum absolute atomic E-state index is 10.7. The molecule has 1 aromatic heterocycles. The molecule has 0 spiro atoms. The van der Waals surface area contributed by atoms with E-state index >= 15 is 0 Å². The molecule has 5 heteroatoms. The van der Waals surface area contributed by atoms with Gasteiger partial charge in [-0.05, 0) is 12.1 Å². The van der Waals surface area contributed by atoms with Crippen molar-refractivity contribution in [3.8, 4) is 11.8 Å². The van der Waals surface area contributed by atoms with Gasteiger partial charge in [-0.1, -0.05) is 30.0 Å². The van der Waals surface area contributed by atoms with Crippen molar-refractivity contribution in [3.05, 3.63) is 42.1 Å². The summed E-state index contributed by atoms with van der Waals surface area (Å²) in [6.07, 6.45) is 3.08. The summed E-state index contributed by atoms with van der Waals surface area (Å²) >= 11 is 0. The summed E-state index contributed by atoms with van der Waals surface area (Å²) in [5, 5.41) is 1.03. The van der Waals surface area contributed by atoms with Crippen LogP contribution in [0.4, 0.5) is 0 Å². The maximum Gasteiger partial charge on any atom is 0.264 e. The van der Waals surface area contributed by atoms with Gasteiger partial charge in [-0.15, -0.1) is 0 Å². The van der Waals surface area contributed by atoms with Gasteiger partial charge in [-0.3, -0.25) is 9.17 Å². The predicted octanol–water partition coefficient (Wildman–Crippen LogP) is 1.95.